The van der Waals surface area contributed by atoms with Gasteiger partial charge in [0.25, 0.3) is 0 Å². The first kappa shape index (κ1) is 18.2. The van der Waals surface area contributed by atoms with E-state index in [-0.39, 0.29) is 11.8 Å². The number of carbonyl (C=O) groups is 2. The van der Waals surface area contributed by atoms with Gasteiger partial charge in [0.1, 0.15) is 0 Å². The standard InChI is InChI=1S/C24H24N2O2/c1-5-15-23(17-11-7-9-13-19(17)25(3)21(23)27)24(16-6-2)18-12-8-10-14-20(18)26(4)22(24)28/h5-14H,1-2,15-16H2,3-4H3. The molecule has 2 aliphatic heterocycles. The Morgan fingerprint density at radius 1 is 0.750 bits per heavy atom. The van der Waals surface area contributed by atoms with Gasteiger partial charge < -0.3 is 9.80 Å². The van der Waals surface area contributed by atoms with Crippen LogP contribution < -0.4 is 9.80 Å². The van der Waals surface area contributed by atoms with Gasteiger partial charge in [0.05, 0.1) is 10.8 Å². The summed E-state index contributed by atoms with van der Waals surface area (Å²) in [5, 5.41) is 0. The molecule has 4 rings (SSSR count). The van der Waals surface area contributed by atoms with Crippen molar-refractivity contribution in [2.45, 2.75) is 23.7 Å². The van der Waals surface area contributed by atoms with E-state index in [0.29, 0.717) is 12.8 Å². The van der Waals surface area contributed by atoms with Gasteiger partial charge in [-0.3, -0.25) is 9.59 Å². The molecule has 0 N–H and O–H groups in total. The Labute approximate surface area is 165 Å². The molecule has 2 amide bonds. The maximum Gasteiger partial charge on any atom is 0.239 e. The summed E-state index contributed by atoms with van der Waals surface area (Å²) in [4.78, 5) is 31.1. The van der Waals surface area contributed by atoms with Crippen molar-refractivity contribution in [3.63, 3.8) is 0 Å². The minimum Gasteiger partial charge on any atom is -0.314 e. The van der Waals surface area contributed by atoms with Crippen LogP contribution >= 0.6 is 0 Å². The maximum absolute atomic E-state index is 13.9. The topological polar surface area (TPSA) is 40.6 Å². The van der Waals surface area contributed by atoms with Crippen LogP contribution in [0.1, 0.15) is 24.0 Å². The van der Waals surface area contributed by atoms with Gasteiger partial charge >= 0.3 is 0 Å². The van der Waals surface area contributed by atoms with E-state index < -0.39 is 10.8 Å². The first-order valence-corrected chi connectivity index (χ1v) is 9.44. The van der Waals surface area contributed by atoms with E-state index in [9.17, 15) is 9.59 Å². The zero-order valence-electron chi connectivity index (χ0n) is 16.3. The first-order chi connectivity index (χ1) is 13.5. The lowest BCUT2D eigenvalue weighted by Gasteiger charge is -2.43. The van der Waals surface area contributed by atoms with Gasteiger partial charge in [0.2, 0.25) is 11.8 Å². The molecule has 2 aromatic rings. The van der Waals surface area contributed by atoms with Crippen LogP contribution in [0, 0.1) is 0 Å². The summed E-state index contributed by atoms with van der Waals surface area (Å²) in [6.45, 7) is 7.89. The van der Waals surface area contributed by atoms with Crippen molar-refractivity contribution in [3.05, 3.63) is 85.0 Å². The first-order valence-electron chi connectivity index (χ1n) is 9.44. The lowest BCUT2D eigenvalue weighted by molar-refractivity contribution is -0.134. The number of nitrogens with zero attached hydrogens (tertiary/aromatic N) is 2. The summed E-state index contributed by atoms with van der Waals surface area (Å²) in [7, 11) is 3.56. The second-order valence-electron chi connectivity index (χ2n) is 7.56. The average molecular weight is 372 g/mol. The molecule has 0 aromatic heterocycles. The molecule has 0 saturated carbocycles. The minimum absolute atomic E-state index is 0.0751. The Morgan fingerprint density at radius 3 is 1.46 bits per heavy atom. The highest BCUT2D eigenvalue weighted by atomic mass is 16.2. The molecule has 0 bridgehead atoms. The lowest BCUT2D eigenvalue weighted by atomic mass is 9.54. The van der Waals surface area contributed by atoms with E-state index in [1.807, 2.05) is 48.5 Å². The monoisotopic (exact) mass is 372 g/mol. The zero-order valence-corrected chi connectivity index (χ0v) is 16.3. The van der Waals surface area contributed by atoms with Gasteiger partial charge in [-0.25, -0.2) is 0 Å². The Kier molecular flexibility index (Phi) is 4.03. The van der Waals surface area contributed by atoms with Crippen LogP contribution in [0.15, 0.2) is 73.8 Å². The van der Waals surface area contributed by atoms with E-state index in [1.165, 1.54) is 0 Å². The molecular formula is C24H24N2O2. The number of anilines is 2. The molecular weight excluding hydrogens is 348 g/mol. The molecule has 4 heteroatoms. The molecule has 28 heavy (non-hydrogen) atoms. The Hall–Kier alpha value is -3.14. The van der Waals surface area contributed by atoms with E-state index in [4.69, 9.17) is 0 Å². The van der Waals surface area contributed by atoms with Crippen LogP contribution in [0.4, 0.5) is 11.4 Å². The van der Waals surface area contributed by atoms with Crippen molar-refractivity contribution in [1.29, 1.82) is 0 Å². The summed E-state index contributed by atoms with van der Waals surface area (Å²) < 4.78 is 0. The summed E-state index contributed by atoms with van der Waals surface area (Å²) in [6, 6.07) is 15.5. The van der Waals surface area contributed by atoms with Crippen LogP contribution in [0.3, 0.4) is 0 Å². The number of para-hydroxylation sites is 2. The van der Waals surface area contributed by atoms with E-state index in [0.717, 1.165) is 22.5 Å². The van der Waals surface area contributed by atoms with Gasteiger partial charge in [-0.2, -0.15) is 0 Å². The fourth-order valence-electron chi connectivity index (χ4n) is 5.28. The van der Waals surface area contributed by atoms with E-state index >= 15 is 0 Å². The number of allylic oxidation sites excluding steroid dienone is 2. The van der Waals surface area contributed by atoms with Crippen molar-refractivity contribution in [1.82, 2.24) is 0 Å². The number of amides is 2. The largest absolute Gasteiger partial charge is 0.314 e. The molecule has 142 valence electrons. The minimum atomic E-state index is -1.06. The van der Waals surface area contributed by atoms with Crippen molar-refractivity contribution in [3.8, 4) is 0 Å². The van der Waals surface area contributed by atoms with Crippen molar-refractivity contribution < 1.29 is 9.59 Å². The normalized spacial score (nSPS) is 25.6. The molecule has 2 atom stereocenters. The van der Waals surface area contributed by atoms with Crippen LogP contribution in [-0.4, -0.2) is 25.9 Å². The van der Waals surface area contributed by atoms with E-state index in [1.54, 1.807) is 36.0 Å². The van der Waals surface area contributed by atoms with Crippen LogP contribution in [0.25, 0.3) is 0 Å². The predicted molar refractivity (Wildman–Crippen MR) is 113 cm³/mol. The number of likely N-dealkylation sites (N-methyl/N-ethyl adjacent to an activating group) is 2. The highest BCUT2D eigenvalue weighted by Crippen LogP contribution is 2.60. The molecule has 4 nitrogen and oxygen atoms in total. The Balaban J connectivity index is 2.15. The zero-order chi connectivity index (χ0) is 20.1. The Morgan fingerprint density at radius 2 is 1.11 bits per heavy atom. The number of hydrogen-bond acceptors (Lipinski definition) is 2. The molecule has 0 saturated heterocycles. The highest BCUT2D eigenvalue weighted by molar-refractivity contribution is 6.18. The van der Waals surface area contributed by atoms with Gasteiger partial charge in [0, 0.05) is 25.5 Å². The fraction of sp³-hybridized carbons (Fsp3) is 0.250. The van der Waals surface area contributed by atoms with Crippen LogP contribution in [0.2, 0.25) is 0 Å². The third-order valence-corrected chi connectivity index (χ3v) is 6.42. The summed E-state index contributed by atoms with van der Waals surface area (Å²) in [5.74, 6) is -0.150. The smallest absolute Gasteiger partial charge is 0.239 e. The summed E-state index contributed by atoms with van der Waals surface area (Å²) >= 11 is 0. The van der Waals surface area contributed by atoms with Crippen LogP contribution in [-0.2, 0) is 20.4 Å². The molecule has 2 heterocycles. The molecule has 0 aliphatic carbocycles. The van der Waals surface area contributed by atoms with Crippen molar-refractivity contribution in [2.24, 2.45) is 0 Å². The summed E-state index contributed by atoms with van der Waals surface area (Å²) in [6.07, 6.45) is 4.25. The number of benzene rings is 2. The maximum atomic E-state index is 13.9. The number of fused-ring (bicyclic) bond motifs is 2. The van der Waals surface area contributed by atoms with Gasteiger partial charge in [-0.15, -0.1) is 13.2 Å². The molecule has 0 fully saturated rings. The quantitative estimate of drug-likeness (QED) is 0.745. The molecule has 0 spiro atoms. The van der Waals surface area contributed by atoms with Crippen molar-refractivity contribution in [2.75, 3.05) is 23.9 Å². The average Bonchev–Trinajstić information content (AvgIpc) is 3.07. The van der Waals surface area contributed by atoms with Gasteiger partial charge in [-0.1, -0.05) is 48.6 Å². The lowest BCUT2D eigenvalue weighted by Crippen LogP contribution is -2.59. The second kappa shape index (κ2) is 6.20. The second-order valence-corrected chi connectivity index (χ2v) is 7.56. The number of hydrogen-bond donors (Lipinski definition) is 0. The van der Waals surface area contributed by atoms with Gasteiger partial charge in [-0.05, 0) is 36.1 Å². The predicted octanol–water partition coefficient (Wildman–Crippen LogP) is 3.97. The SMILES string of the molecule is C=CCC1(C2(CC=C)C(=O)N(C)c3ccccc32)C(=O)N(C)c2ccccc21. The van der Waals surface area contributed by atoms with Gasteiger partial charge in [0.15, 0.2) is 0 Å². The third kappa shape index (κ3) is 1.90. The molecule has 2 aliphatic rings. The molecule has 0 radical (unpaired) electrons. The molecule has 2 aromatic carbocycles. The number of rotatable bonds is 5. The third-order valence-electron chi connectivity index (χ3n) is 6.42. The highest BCUT2D eigenvalue weighted by Gasteiger charge is 2.68. The number of carbonyl (C=O) groups excluding carboxylic acids is 2. The summed E-state index contributed by atoms with van der Waals surface area (Å²) in [5.41, 5.74) is 1.32. The fourth-order valence-corrected chi connectivity index (χ4v) is 5.28. The van der Waals surface area contributed by atoms with Crippen LogP contribution in [0.5, 0.6) is 0 Å². The Bertz CT molecular complexity index is 930. The van der Waals surface area contributed by atoms with E-state index in [2.05, 4.69) is 13.2 Å². The molecule has 2 unspecified atom stereocenters. The van der Waals surface area contributed by atoms with Crippen molar-refractivity contribution >= 4 is 23.2 Å².